The summed E-state index contributed by atoms with van der Waals surface area (Å²) in [7, 11) is 0. The molecule has 0 fully saturated rings. The van der Waals surface area contributed by atoms with Gasteiger partial charge in [0.05, 0.1) is 32.5 Å². The molecular weight excluding hydrogens is 460 g/mol. The molecule has 4 nitrogen and oxygen atoms in total. The maximum Gasteiger partial charge on any atom is 0.166 e. The first-order chi connectivity index (χ1) is 17.9. The highest BCUT2D eigenvalue weighted by atomic mass is 32.1. The number of thiophene rings is 1. The summed E-state index contributed by atoms with van der Waals surface area (Å²) in [5.41, 5.74) is 5.59. The lowest BCUT2D eigenvalue weighted by molar-refractivity contribution is 1.07. The van der Waals surface area contributed by atoms with E-state index in [9.17, 15) is 0 Å². The highest BCUT2D eigenvalue weighted by Crippen LogP contribution is 2.45. The Morgan fingerprint density at radius 2 is 1.33 bits per heavy atom. The van der Waals surface area contributed by atoms with E-state index < -0.39 is 0 Å². The summed E-state index contributed by atoms with van der Waals surface area (Å²) in [5, 5.41) is 4.98. The van der Waals surface area contributed by atoms with Gasteiger partial charge < -0.3 is 0 Å². The molecule has 0 aliphatic carbocycles. The third-order valence-corrected chi connectivity index (χ3v) is 8.10. The second-order valence-electron chi connectivity index (χ2n) is 8.90. The minimum absolute atomic E-state index is 0.775. The summed E-state index contributed by atoms with van der Waals surface area (Å²) in [6, 6.07) is 35.6. The van der Waals surface area contributed by atoms with Crippen LogP contribution in [-0.4, -0.2) is 19.5 Å². The van der Waals surface area contributed by atoms with Crippen molar-refractivity contribution in [1.29, 1.82) is 0 Å². The van der Waals surface area contributed by atoms with Gasteiger partial charge in [-0.25, -0.2) is 9.97 Å². The number of rotatable bonds is 2. The molecule has 8 rings (SSSR count). The zero-order chi connectivity index (χ0) is 23.6. The highest BCUT2D eigenvalue weighted by molar-refractivity contribution is 7.27. The van der Waals surface area contributed by atoms with Crippen LogP contribution in [0.5, 0.6) is 0 Å². The lowest BCUT2D eigenvalue weighted by Gasteiger charge is -2.13. The van der Waals surface area contributed by atoms with Crippen LogP contribution in [0.3, 0.4) is 0 Å². The van der Waals surface area contributed by atoms with Crippen molar-refractivity contribution in [3.05, 3.63) is 109 Å². The van der Waals surface area contributed by atoms with Gasteiger partial charge in [0.1, 0.15) is 5.69 Å². The van der Waals surface area contributed by atoms with Gasteiger partial charge in [-0.05, 0) is 41.1 Å². The fourth-order valence-corrected chi connectivity index (χ4v) is 6.59. The van der Waals surface area contributed by atoms with Crippen molar-refractivity contribution < 1.29 is 0 Å². The Morgan fingerprint density at radius 1 is 0.583 bits per heavy atom. The van der Waals surface area contributed by atoms with Crippen LogP contribution >= 0.6 is 11.3 Å². The van der Waals surface area contributed by atoms with E-state index in [2.05, 4.69) is 70.2 Å². The van der Waals surface area contributed by atoms with E-state index in [-0.39, 0.29) is 0 Å². The van der Waals surface area contributed by atoms with Crippen molar-refractivity contribution in [2.75, 3.05) is 0 Å². The number of hydrogen-bond acceptors (Lipinski definition) is 4. The minimum atomic E-state index is 0.775. The molecule has 0 saturated heterocycles. The van der Waals surface area contributed by atoms with Crippen molar-refractivity contribution in [3.8, 4) is 17.2 Å². The Hall–Kier alpha value is -4.61. The van der Waals surface area contributed by atoms with E-state index in [0.717, 1.165) is 33.8 Å². The van der Waals surface area contributed by atoms with Crippen LogP contribution in [0.1, 0.15) is 0 Å². The van der Waals surface area contributed by atoms with Crippen molar-refractivity contribution in [2.24, 2.45) is 0 Å². The topological polar surface area (TPSA) is 43.6 Å². The van der Waals surface area contributed by atoms with E-state index in [1.807, 2.05) is 60.0 Å². The first-order valence-corrected chi connectivity index (χ1v) is 12.7. The fraction of sp³-hybridized carbons (Fsp3) is 0. The quantitative estimate of drug-likeness (QED) is 0.252. The first-order valence-electron chi connectivity index (χ1n) is 11.9. The molecular formula is C31H18N4S. The Morgan fingerprint density at radius 3 is 2.19 bits per heavy atom. The number of pyridine rings is 1. The Balaban J connectivity index is 1.59. The molecule has 0 N–H and O–H groups in total. The molecule has 0 spiro atoms. The molecule has 5 heteroatoms. The fourth-order valence-electron chi connectivity index (χ4n) is 5.24. The van der Waals surface area contributed by atoms with Gasteiger partial charge in [0.25, 0.3) is 0 Å². The van der Waals surface area contributed by atoms with E-state index in [0.29, 0.717) is 0 Å². The summed E-state index contributed by atoms with van der Waals surface area (Å²) in [6.45, 7) is 0. The molecule has 4 aromatic carbocycles. The maximum atomic E-state index is 5.21. The molecule has 0 aliphatic heterocycles. The van der Waals surface area contributed by atoms with Crippen LogP contribution in [0.2, 0.25) is 0 Å². The zero-order valence-corrected chi connectivity index (χ0v) is 19.9. The molecule has 8 aromatic rings. The number of benzene rings is 4. The number of para-hydroxylation sites is 3. The molecule has 0 radical (unpaired) electrons. The third-order valence-electron chi connectivity index (χ3n) is 6.84. The summed E-state index contributed by atoms with van der Waals surface area (Å²) < 4.78 is 4.85. The average Bonchev–Trinajstić information content (AvgIpc) is 3.48. The lowest BCUT2D eigenvalue weighted by atomic mass is 10.1. The molecule has 4 heterocycles. The van der Waals surface area contributed by atoms with Gasteiger partial charge in [0, 0.05) is 21.7 Å². The van der Waals surface area contributed by atoms with Crippen LogP contribution in [0, 0.1) is 0 Å². The largest absolute Gasteiger partial charge is 0.290 e. The van der Waals surface area contributed by atoms with Crippen molar-refractivity contribution in [3.63, 3.8) is 0 Å². The van der Waals surface area contributed by atoms with E-state index >= 15 is 0 Å². The van der Waals surface area contributed by atoms with Crippen molar-refractivity contribution in [2.45, 2.75) is 0 Å². The maximum absolute atomic E-state index is 5.21. The average molecular weight is 479 g/mol. The summed E-state index contributed by atoms with van der Waals surface area (Å²) in [5.74, 6) is 0.798. The Labute approximate surface area is 210 Å². The lowest BCUT2D eigenvalue weighted by Crippen LogP contribution is -2.04. The SMILES string of the molecule is c1ccc(-c2nc3ccccc3nc2-n2c3ccccc3c3sc4c5ccccc5ccc4c32)nc1. The molecule has 36 heavy (non-hydrogen) atoms. The second-order valence-corrected chi connectivity index (χ2v) is 9.92. The molecule has 0 unspecified atom stereocenters. The number of aromatic nitrogens is 4. The molecule has 4 aromatic heterocycles. The van der Waals surface area contributed by atoms with Crippen LogP contribution in [0.15, 0.2) is 109 Å². The zero-order valence-electron chi connectivity index (χ0n) is 19.1. The van der Waals surface area contributed by atoms with Gasteiger partial charge in [-0.3, -0.25) is 9.55 Å². The van der Waals surface area contributed by atoms with Gasteiger partial charge in [0.15, 0.2) is 5.82 Å². The van der Waals surface area contributed by atoms with E-state index in [4.69, 9.17) is 9.97 Å². The minimum Gasteiger partial charge on any atom is -0.290 e. The van der Waals surface area contributed by atoms with E-state index in [1.165, 1.54) is 36.5 Å². The molecule has 168 valence electrons. The second kappa shape index (κ2) is 7.44. The van der Waals surface area contributed by atoms with Crippen LogP contribution in [0.4, 0.5) is 0 Å². The van der Waals surface area contributed by atoms with Gasteiger partial charge in [-0.1, -0.05) is 72.8 Å². The van der Waals surface area contributed by atoms with Crippen molar-refractivity contribution in [1.82, 2.24) is 19.5 Å². The van der Waals surface area contributed by atoms with E-state index in [1.54, 1.807) is 0 Å². The normalized spacial score (nSPS) is 11.9. The Bertz CT molecular complexity index is 2100. The van der Waals surface area contributed by atoms with Crippen LogP contribution < -0.4 is 0 Å². The number of nitrogens with zero attached hydrogens (tertiary/aromatic N) is 4. The molecule has 0 bridgehead atoms. The molecule has 0 amide bonds. The number of hydrogen-bond donors (Lipinski definition) is 0. The highest BCUT2D eigenvalue weighted by Gasteiger charge is 2.23. The molecule has 0 aliphatic rings. The smallest absolute Gasteiger partial charge is 0.166 e. The van der Waals surface area contributed by atoms with Gasteiger partial charge in [-0.2, -0.15) is 0 Å². The van der Waals surface area contributed by atoms with Crippen molar-refractivity contribution >= 4 is 64.3 Å². The molecule has 0 atom stereocenters. The predicted octanol–water partition coefficient (Wildman–Crippen LogP) is 8.16. The number of fused-ring (bicyclic) bond motifs is 8. The van der Waals surface area contributed by atoms with Gasteiger partial charge in [-0.15, -0.1) is 11.3 Å². The summed E-state index contributed by atoms with van der Waals surface area (Å²) >= 11 is 1.86. The van der Waals surface area contributed by atoms with Gasteiger partial charge >= 0.3 is 0 Å². The first kappa shape index (κ1) is 19.7. The summed E-state index contributed by atoms with van der Waals surface area (Å²) in [6.07, 6.45) is 1.81. The predicted molar refractivity (Wildman–Crippen MR) is 150 cm³/mol. The van der Waals surface area contributed by atoms with Crippen LogP contribution in [0.25, 0.3) is 70.2 Å². The summed E-state index contributed by atoms with van der Waals surface area (Å²) in [4.78, 5) is 15.0. The third kappa shape index (κ3) is 2.72. The molecule has 0 saturated carbocycles. The monoisotopic (exact) mass is 478 g/mol. The van der Waals surface area contributed by atoms with Gasteiger partial charge in [0.2, 0.25) is 0 Å². The standard InChI is InChI=1S/C31H18N4S/c1-2-10-20-19(9-1)16-17-22-28-30(36-29(20)22)21-11-3-6-15-26(21)35(28)31-27(25-14-7-8-18-32-25)33-23-12-4-5-13-24(23)34-31/h1-18H. The van der Waals surface area contributed by atoms with Crippen LogP contribution in [-0.2, 0) is 0 Å². The Kier molecular flexibility index (Phi) is 4.07.